The zero-order valence-corrected chi connectivity index (χ0v) is 56.5. The van der Waals surface area contributed by atoms with E-state index in [1.54, 1.807) is 0 Å². The number of rotatable bonds is 66. The first-order chi connectivity index (χ1) is 41.0. The average molecular weight is 1260 g/mol. The largest absolute Gasteiger partial charge is 0.472 e. The first kappa shape index (κ1) is 83.1. The van der Waals surface area contributed by atoms with Gasteiger partial charge in [-0.2, -0.15) is 0 Å². The Morgan fingerprint density at radius 1 is 0.318 bits per heavy atom. The van der Waals surface area contributed by atoms with Gasteiger partial charge in [0.1, 0.15) is 19.3 Å². The van der Waals surface area contributed by atoms with Crippen LogP contribution in [0.3, 0.4) is 0 Å². The zero-order chi connectivity index (χ0) is 62.8. The van der Waals surface area contributed by atoms with Crippen molar-refractivity contribution >= 4 is 39.5 Å². The summed E-state index contributed by atoms with van der Waals surface area (Å²) in [5, 5.41) is 10.5. The number of carbonyl (C=O) groups is 4. The van der Waals surface area contributed by atoms with E-state index in [1.165, 1.54) is 154 Å². The van der Waals surface area contributed by atoms with E-state index in [0.29, 0.717) is 25.7 Å². The molecule has 2 unspecified atom stereocenters. The topological polar surface area (TPSA) is 237 Å². The lowest BCUT2D eigenvalue weighted by Gasteiger charge is -2.21. The molecule has 0 aromatic rings. The summed E-state index contributed by atoms with van der Waals surface area (Å²) in [7, 11) is -9.88. The normalized spacial score (nSPS) is 14.2. The summed E-state index contributed by atoms with van der Waals surface area (Å²) < 4.78 is 67.9. The molecule has 17 nitrogen and oxygen atoms in total. The molecule has 5 atom stereocenters. The SMILES string of the molecule is CCCCCCCCCCCCCCCCCCC(=O)O[C@H](COC(=O)CCCCCCCCCCCCC(C)C)COP(=O)(O)OC[C@@H](O)COP(=O)(O)OC[C@@H](COC(=O)CCCCCCC)OC(=O)CCCCCCCCCCCCC. The van der Waals surface area contributed by atoms with Crippen molar-refractivity contribution in [1.29, 1.82) is 0 Å². The quantitative estimate of drug-likeness (QED) is 0.0222. The van der Waals surface area contributed by atoms with Crippen LogP contribution in [0.1, 0.15) is 336 Å². The fourth-order valence-electron chi connectivity index (χ4n) is 9.94. The number of ether oxygens (including phenoxy) is 4. The predicted molar refractivity (Wildman–Crippen MR) is 340 cm³/mol. The Morgan fingerprint density at radius 2 is 0.541 bits per heavy atom. The van der Waals surface area contributed by atoms with Crippen LogP contribution >= 0.6 is 15.6 Å². The Morgan fingerprint density at radius 3 is 0.800 bits per heavy atom. The maximum Gasteiger partial charge on any atom is 0.472 e. The third-order valence-electron chi connectivity index (χ3n) is 15.3. The van der Waals surface area contributed by atoms with Crippen LogP contribution in [0.2, 0.25) is 0 Å². The Kier molecular flexibility index (Phi) is 58.3. The van der Waals surface area contributed by atoms with E-state index < -0.39 is 97.5 Å². The average Bonchev–Trinajstić information content (AvgIpc) is 3.59. The van der Waals surface area contributed by atoms with Crippen LogP contribution in [0.5, 0.6) is 0 Å². The highest BCUT2D eigenvalue weighted by Gasteiger charge is 2.30. The fourth-order valence-corrected chi connectivity index (χ4v) is 11.5. The lowest BCUT2D eigenvalue weighted by Crippen LogP contribution is -2.30. The second kappa shape index (κ2) is 59.7. The second-order valence-corrected chi connectivity index (χ2v) is 27.2. The van der Waals surface area contributed by atoms with Crippen LogP contribution in [0, 0.1) is 5.92 Å². The smallest absolute Gasteiger partial charge is 0.462 e. The molecule has 85 heavy (non-hydrogen) atoms. The number of unbranched alkanes of at least 4 members (excludes halogenated alkanes) is 38. The molecular weight excluding hydrogens is 1130 g/mol. The zero-order valence-electron chi connectivity index (χ0n) is 54.7. The molecule has 0 aromatic heterocycles. The van der Waals surface area contributed by atoms with E-state index in [4.69, 9.17) is 37.0 Å². The van der Waals surface area contributed by atoms with Crippen LogP contribution in [-0.4, -0.2) is 96.7 Å². The van der Waals surface area contributed by atoms with Crippen molar-refractivity contribution in [3.8, 4) is 0 Å². The molecule has 0 saturated carbocycles. The third-order valence-corrected chi connectivity index (χ3v) is 17.2. The molecular formula is C66H128O17P2. The summed E-state index contributed by atoms with van der Waals surface area (Å²) in [6.45, 7) is 7.12. The van der Waals surface area contributed by atoms with Crippen LogP contribution in [-0.2, 0) is 65.4 Å². The van der Waals surface area contributed by atoms with Crippen LogP contribution in [0.25, 0.3) is 0 Å². The molecule has 0 spiro atoms. The number of hydrogen-bond donors (Lipinski definition) is 3. The molecule has 0 bridgehead atoms. The minimum atomic E-state index is -4.95. The number of hydrogen-bond acceptors (Lipinski definition) is 15. The molecule has 0 radical (unpaired) electrons. The molecule has 0 saturated heterocycles. The van der Waals surface area contributed by atoms with Crippen molar-refractivity contribution < 1.29 is 80.2 Å². The van der Waals surface area contributed by atoms with Gasteiger partial charge in [-0.1, -0.05) is 285 Å². The van der Waals surface area contributed by atoms with Gasteiger partial charge in [0.05, 0.1) is 26.4 Å². The molecule has 504 valence electrons. The lowest BCUT2D eigenvalue weighted by atomic mass is 10.0. The van der Waals surface area contributed by atoms with E-state index in [0.717, 1.165) is 102 Å². The van der Waals surface area contributed by atoms with Gasteiger partial charge in [0.25, 0.3) is 0 Å². The first-order valence-corrected chi connectivity index (χ1v) is 37.6. The van der Waals surface area contributed by atoms with Crippen LogP contribution in [0.4, 0.5) is 0 Å². The van der Waals surface area contributed by atoms with Gasteiger partial charge in [-0.25, -0.2) is 9.13 Å². The number of aliphatic hydroxyl groups excluding tert-OH is 1. The van der Waals surface area contributed by atoms with Gasteiger partial charge in [0.2, 0.25) is 0 Å². The van der Waals surface area contributed by atoms with Gasteiger partial charge in [-0.15, -0.1) is 0 Å². The maximum atomic E-state index is 13.0. The van der Waals surface area contributed by atoms with Gasteiger partial charge < -0.3 is 33.8 Å². The number of phosphoric acid groups is 2. The molecule has 0 aliphatic heterocycles. The third kappa shape index (κ3) is 60.7. The summed E-state index contributed by atoms with van der Waals surface area (Å²) >= 11 is 0. The van der Waals surface area contributed by atoms with Crippen LogP contribution < -0.4 is 0 Å². The Hall–Kier alpha value is -1.94. The van der Waals surface area contributed by atoms with Crippen molar-refractivity contribution in [2.24, 2.45) is 5.92 Å². The Balaban J connectivity index is 5.17. The first-order valence-electron chi connectivity index (χ1n) is 34.6. The van der Waals surface area contributed by atoms with Gasteiger partial charge in [-0.3, -0.25) is 37.3 Å². The monoisotopic (exact) mass is 1250 g/mol. The summed E-state index contributed by atoms with van der Waals surface area (Å²) in [5.41, 5.74) is 0. The van der Waals surface area contributed by atoms with E-state index >= 15 is 0 Å². The molecule has 19 heteroatoms. The van der Waals surface area contributed by atoms with Crippen molar-refractivity contribution in [2.45, 2.75) is 355 Å². The van der Waals surface area contributed by atoms with Gasteiger partial charge in [0, 0.05) is 25.7 Å². The summed E-state index contributed by atoms with van der Waals surface area (Å²) in [5.74, 6) is -1.38. The molecule has 0 aliphatic carbocycles. The van der Waals surface area contributed by atoms with Gasteiger partial charge in [0.15, 0.2) is 12.2 Å². The maximum absolute atomic E-state index is 13.0. The summed E-state index contributed by atoms with van der Waals surface area (Å²) in [4.78, 5) is 72.1. The number of carbonyl (C=O) groups excluding carboxylic acids is 4. The molecule has 0 amide bonds. The number of esters is 4. The standard InChI is InChI=1S/C66H128O17P2/c1-6-9-12-15-17-19-21-22-23-24-25-27-33-37-42-47-52-66(71)83-62(56-77-64(69)50-45-40-35-31-29-28-30-34-39-43-48-59(4)5)58-81-85(74,75)79-54-60(67)53-78-84(72,73)80-57-61(55-76-63(68)49-44-38-14-11-8-3)82-65(70)51-46-41-36-32-26-20-18-16-13-10-7-2/h59-62,67H,6-58H2,1-5H3,(H,72,73)(H,74,75)/t60-,61+,62+/m0/s1. The minimum Gasteiger partial charge on any atom is -0.462 e. The van der Waals surface area contributed by atoms with Gasteiger partial charge in [-0.05, 0) is 31.6 Å². The highest BCUT2D eigenvalue weighted by Crippen LogP contribution is 2.45. The molecule has 0 heterocycles. The highest BCUT2D eigenvalue weighted by molar-refractivity contribution is 7.47. The molecule has 0 aliphatic rings. The van der Waals surface area contributed by atoms with Crippen molar-refractivity contribution in [3.05, 3.63) is 0 Å². The van der Waals surface area contributed by atoms with Gasteiger partial charge >= 0.3 is 39.5 Å². The molecule has 0 aromatic carbocycles. The van der Waals surface area contributed by atoms with Crippen molar-refractivity contribution in [2.75, 3.05) is 39.6 Å². The van der Waals surface area contributed by atoms with E-state index in [-0.39, 0.29) is 25.7 Å². The van der Waals surface area contributed by atoms with E-state index in [2.05, 4.69) is 34.6 Å². The number of aliphatic hydroxyl groups is 1. The lowest BCUT2D eigenvalue weighted by molar-refractivity contribution is -0.161. The van der Waals surface area contributed by atoms with E-state index in [9.17, 15) is 43.2 Å². The van der Waals surface area contributed by atoms with Crippen molar-refractivity contribution in [1.82, 2.24) is 0 Å². The molecule has 3 N–H and O–H groups in total. The predicted octanol–water partition coefficient (Wildman–Crippen LogP) is 18.6. The van der Waals surface area contributed by atoms with E-state index in [1.807, 2.05) is 0 Å². The minimum absolute atomic E-state index is 0.106. The summed E-state index contributed by atoms with van der Waals surface area (Å²) in [6, 6.07) is 0. The second-order valence-electron chi connectivity index (χ2n) is 24.3. The highest BCUT2D eigenvalue weighted by atomic mass is 31.2. The summed E-state index contributed by atoms with van der Waals surface area (Å²) in [6.07, 6.45) is 44.7. The Labute approximate surface area is 517 Å². The van der Waals surface area contributed by atoms with Crippen LogP contribution in [0.15, 0.2) is 0 Å². The Bertz CT molecular complexity index is 1650. The molecule has 0 fully saturated rings. The van der Waals surface area contributed by atoms with Crippen molar-refractivity contribution in [3.63, 3.8) is 0 Å². The number of phosphoric ester groups is 2. The molecule has 0 rings (SSSR count). The fraction of sp³-hybridized carbons (Fsp3) is 0.939.